The Morgan fingerprint density at radius 1 is 1.15 bits per heavy atom. The SMILES string of the molecule is COc1c(COCCN(C)C)cc(C(F)(F)F)cc1NC(=O)c1ccc(C)c(-n2cc(-c3cnn(C)c3C)nn2)c1. The average Bonchev–Trinajstić information content (AvgIpc) is 3.52. The molecule has 10 nitrogen and oxygen atoms in total. The number of likely N-dealkylation sites (N-methyl/N-ethyl adjacent to an activating group) is 1. The van der Waals surface area contributed by atoms with Crippen molar-refractivity contribution in [1.29, 1.82) is 0 Å². The van der Waals surface area contributed by atoms with E-state index in [9.17, 15) is 18.0 Å². The number of carbonyl (C=O) groups excluding carboxylic acids is 1. The van der Waals surface area contributed by atoms with E-state index in [1.54, 1.807) is 40.0 Å². The van der Waals surface area contributed by atoms with Crippen molar-refractivity contribution in [3.63, 3.8) is 0 Å². The number of nitrogens with one attached hydrogen (secondary N) is 1. The number of halogens is 3. The lowest BCUT2D eigenvalue weighted by Gasteiger charge is -2.19. The van der Waals surface area contributed by atoms with Crippen LogP contribution in [0.1, 0.15) is 32.7 Å². The fourth-order valence-corrected chi connectivity index (χ4v) is 4.17. The number of anilines is 1. The molecule has 0 spiro atoms. The number of ether oxygens (including phenoxy) is 2. The van der Waals surface area contributed by atoms with Crippen molar-refractivity contribution in [2.75, 3.05) is 39.7 Å². The molecular weight excluding hydrogens is 539 g/mol. The molecule has 0 aliphatic heterocycles. The maximum absolute atomic E-state index is 13.8. The van der Waals surface area contributed by atoms with Crippen molar-refractivity contribution in [3.05, 3.63) is 70.7 Å². The summed E-state index contributed by atoms with van der Waals surface area (Å²) in [6.07, 6.45) is -1.21. The summed E-state index contributed by atoms with van der Waals surface area (Å²) in [5.74, 6) is -0.525. The second-order valence-electron chi connectivity index (χ2n) is 9.84. The Labute approximate surface area is 235 Å². The molecule has 0 saturated heterocycles. The van der Waals surface area contributed by atoms with Gasteiger partial charge in [-0.2, -0.15) is 18.3 Å². The van der Waals surface area contributed by atoms with Crippen LogP contribution in [-0.4, -0.2) is 69.9 Å². The van der Waals surface area contributed by atoms with E-state index in [1.165, 1.54) is 7.11 Å². The van der Waals surface area contributed by atoms with Gasteiger partial charge in [0.25, 0.3) is 5.91 Å². The minimum atomic E-state index is -4.64. The zero-order valence-electron chi connectivity index (χ0n) is 23.7. The molecular formula is C28H32F3N7O3. The van der Waals surface area contributed by atoms with Gasteiger partial charge in [-0.3, -0.25) is 9.48 Å². The van der Waals surface area contributed by atoms with E-state index in [4.69, 9.17) is 9.47 Å². The number of carbonyl (C=O) groups is 1. The van der Waals surface area contributed by atoms with E-state index in [0.29, 0.717) is 24.5 Å². The van der Waals surface area contributed by atoms with Gasteiger partial charge < -0.3 is 19.7 Å². The fraction of sp³-hybridized carbons (Fsp3) is 0.357. The fourth-order valence-electron chi connectivity index (χ4n) is 4.17. The molecule has 1 amide bonds. The van der Waals surface area contributed by atoms with E-state index < -0.39 is 17.6 Å². The van der Waals surface area contributed by atoms with Crippen molar-refractivity contribution in [3.8, 4) is 22.7 Å². The molecule has 4 aromatic rings. The van der Waals surface area contributed by atoms with Gasteiger partial charge in [0.1, 0.15) is 11.4 Å². The number of aryl methyl sites for hydroxylation is 2. The Kier molecular flexibility index (Phi) is 8.78. The summed E-state index contributed by atoms with van der Waals surface area (Å²) in [6.45, 7) is 4.55. The third-order valence-electron chi connectivity index (χ3n) is 6.61. The Bertz CT molecular complexity index is 1540. The number of nitrogens with zero attached hydrogens (tertiary/aromatic N) is 6. The van der Waals surface area contributed by atoms with Crippen molar-refractivity contribution in [2.24, 2.45) is 7.05 Å². The van der Waals surface area contributed by atoms with E-state index in [1.807, 2.05) is 39.9 Å². The number of methoxy groups -OCH3 is 1. The van der Waals surface area contributed by atoms with Crippen molar-refractivity contribution in [2.45, 2.75) is 26.6 Å². The summed E-state index contributed by atoms with van der Waals surface area (Å²) in [7, 11) is 6.89. The first kappa shape index (κ1) is 29.7. The predicted molar refractivity (Wildman–Crippen MR) is 147 cm³/mol. The van der Waals surface area contributed by atoms with Crippen LogP contribution in [0.15, 0.2) is 42.7 Å². The molecule has 13 heteroatoms. The lowest BCUT2D eigenvalue weighted by atomic mass is 10.1. The molecule has 2 heterocycles. The molecule has 1 N–H and O–H groups in total. The van der Waals surface area contributed by atoms with Gasteiger partial charge in [0.05, 0.1) is 49.7 Å². The molecule has 2 aromatic heterocycles. The maximum atomic E-state index is 13.8. The molecule has 2 aromatic carbocycles. The van der Waals surface area contributed by atoms with E-state index in [0.717, 1.165) is 29.0 Å². The second kappa shape index (κ2) is 12.1. The molecule has 0 unspecified atom stereocenters. The minimum absolute atomic E-state index is 0.0938. The lowest BCUT2D eigenvalue weighted by Crippen LogP contribution is -2.18. The van der Waals surface area contributed by atoms with Crippen LogP contribution in [0.5, 0.6) is 5.75 Å². The summed E-state index contributed by atoms with van der Waals surface area (Å²) < 4.78 is 55.5. The standard InChI is InChI=1S/C28H32F3N7O3/c1-17-7-8-19(12-25(17)38-15-24(34-35-38)22-14-32-37(5)18(22)2)27(39)33-23-13-21(28(29,30)31)11-20(26(23)40-6)16-41-10-9-36(3)4/h7-8,11-15H,9-10,16H2,1-6H3,(H,33,39). The largest absolute Gasteiger partial charge is 0.494 e. The summed E-state index contributed by atoms with van der Waals surface area (Å²) in [5, 5.41) is 15.3. The van der Waals surface area contributed by atoms with Crippen LogP contribution in [-0.2, 0) is 24.6 Å². The zero-order chi connectivity index (χ0) is 29.9. The highest BCUT2D eigenvalue weighted by Crippen LogP contribution is 2.38. The summed E-state index contributed by atoms with van der Waals surface area (Å²) in [5.41, 5.74) is 3.09. The van der Waals surface area contributed by atoms with Crippen molar-refractivity contribution < 1.29 is 27.4 Å². The molecule has 218 valence electrons. The molecule has 0 aliphatic rings. The topological polar surface area (TPSA) is 99.3 Å². The van der Waals surface area contributed by atoms with Crippen LogP contribution in [0, 0.1) is 13.8 Å². The number of rotatable bonds is 10. The van der Waals surface area contributed by atoms with Crippen LogP contribution < -0.4 is 10.1 Å². The molecule has 41 heavy (non-hydrogen) atoms. The van der Waals surface area contributed by atoms with E-state index in [-0.39, 0.29) is 29.2 Å². The Morgan fingerprint density at radius 3 is 2.54 bits per heavy atom. The van der Waals surface area contributed by atoms with Crippen molar-refractivity contribution in [1.82, 2.24) is 29.7 Å². The van der Waals surface area contributed by atoms with Gasteiger partial charge in [-0.15, -0.1) is 5.10 Å². The summed E-state index contributed by atoms with van der Waals surface area (Å²) in [4.78, 5) is 15.2. The summed E-state index contributed by atoms with van der Waals surface area (Å²) in [6, 6.07) is 6.75. The normalized spacial score (nSPS) is 11.8. The van der Waals surface area contributed by atoms with Crippen LogP contribution in [0.4, 0.5) is 18.9 Å². The molecule has 0 atom stereocenters. The first-order valence-electron chi connectivity index (χ1n) is 12.7. The summed E-state index contributed by atoms with van der Waals surface area (Å²) >= 11 is 0. The minimum Gasteiger partial charge on any atom is -0.494 e. The number of hydrogen-bond donors (Lipinski definition) is 1. The third-order valence-corrected chi connectivity index (χ3v) is 6.61. The quantitative estimate of drug-likeness (QED) is 0.277. The molecule has 0 fully saturated rings. The number of hydrogen-bond acceptors (Lipinski definition) is 7. The van der Waals surface area contributed by atoms with Gasteiger partial charge in [0.15, 0.2) is 0 Å². The third kappa shape index (κ3) is 6.74. The van der Waals surface area contributed by atoms with E-state index in [2.05, 4.69) is 20.7 Å². The monoisotopic (exact) mass is 571 g/mol. The zero-order valence-corrected chi connectivity index (χ0v) is 23.7. The average molecular weight is 572 g/mol. The molecule has 4 rings (SSSR count). The smallest absolute Gasteiger partial charge is 0.416 e. The predicted octanol–water partition coefficient (Wildman–Crippen LogP) is 4.64. The Morgan fingerprint density at radius 2 is 1.90 bits per heavy atom. The lowest BCUT2D eigenvalue weighted by molar-refractivity contribution is -0.137. The molecule has 0 saturated carbocycles. The second-order valence-corrected chi connectivity index (χ2v) is 9.84. The number of alkyl halides is 3. The first-order valence-corrected chi connectivity index (χ1v) is 12.7. The Hall–Kier alpha value is -4.23. The van der Waals surface area contributed by atoms with Gasteiger partial charge in [-0.05, 0) is 57.8 Å². The van der Waals surface area contributed by atoms with Gasteiger partial charge in [-0.1, -0.05) is 11.3 Å². The van der Waals surface area contributed by atoms with E-state index >= 15 is 0 Å². The van der Waals surface area contributed by atoms with Crippen LogP contribution in [0.25, 0.3) is 16.9 Å². The van der Waals surface area contributed by atoms with Gasteiger partial charge in [0, 0.05) is 36.0 Å². The van der Waals surface area contributed by atoms with Crippen molar-refractivity contribution >= 4 is 11.6 Å². The van der Waals surface area contributed by atoms with Crippen LogP contribution in [0.2, 0.25) is 0 Å². The highest BCUT2D eigenvalue weighted by atomic mass is 19.4. The van der Waals surface area contributed by atoms with Crippen LogP contribution >= 0.6 is 0 Å². The Balaban J connectivity index is 1.63. The maximum Gasteiger partial charge on any atom is 0.416 e. The highest BCUT2D eigenvalue weighted by molar-refractivity contribution is 6.05. The number of aromatic nitrogens is 5. The molecule has 0 radical (unpaired) electrons. The number of benzene rings is 2. The molecule has 0 aliphatic carbocycles. The first-order chi connectivity index (χ1) is 19.4. The van der Waals surface area contributed by atoms with Gasteiger partial charge >= 0.3 is 6.18 Å². The molecule has 0 bridgehead atoms. The van der Waals surface area contributed by atoms with Gasteiger partial charge in [-0.25, -0.2) is 4.68 Å². The van der Waals surface area contributed by atoms with Crippen LogP contribution in [0.3, 0.4) is 0 Å². The number of amides is 1. The van der Waals surface area contributed by atoms with Gasteiger partial charge in [0.2, 0.25) is 0 Å². The highest BCUT2D eigenvalue weighted by Gasteiger charge is 2.33.